The zero-order valence-corrected chi connectivity index (χ0v) is 17.3. The first-order valence-electron chi connectivity index (χ1n) is 8.73. The molecule has 0 aliphatic carbocycles. The van der Waals surface area contributed by atoms with Gasteiger partial charge in [-0.25, -0.2) is 0 Å². The molecule has 1 aromatic rings. The second-order valence-electron chi connectivity index (χ2n) is 6.38. The highest BCUT2D eigenvalue weighted by Crippen LogP contribution is 2.35. The molecular formula is C19H33Cl2N3O. The summed E-state index contributed by atoms with van der Waals surface area (Å²) < 4.78 is 0. The van der Waals surface area contributed by atoms with E-state index in [0.717, 1.165) is 62.5 Å². The van der Waals surface area contributed by atoms with E-state index in [9.17, 15) is 5.11 Å². The van der Waals surface area contributed by atoms with Crippen LogP contribution in [0.3, 0.4) is 0 Å². The van der Waals surface area contributed by atoms with E-state index in [1.807, 2.05) is 6.07 Å². The number of nitrogens with one attached hydrogen (secondary N) is 1. The molecule has 2 rings (SSSR count). The number of aromatic hydroxyl groups is 1. The highest BCUT2D eigenvalue weighted by atomic mass is 35.5. The highest BCUT2D eigenvalue weighted by molar-refractivity contribution is 5.85. The molecule has 0 unspecified atom stereocenters. The van der Waals surface area contributed by atoms with Gasteiger partial charge in [-0.05, 0) is 33.3 Å². The molecule has 1 saturated heterocycles. The van der Waals surface area contributed by atoms with Gasteiger partial charge in [0.2, 0.25) is 0 Å². The van der Waals surface area contributed by atoms with Crippen LogP contribution in [0.4, 0.5) is 5.69 Å². The third-order valence-electron chi connectivity index (χ3n) is 4.64. The molecule has 0 amide bonds. The number of piperazine rings is 1. The maximum Gasteiger partial charge on any atom is 0.122 e. The average molecular weight is 390 g/mol. The maximum atomic E-state index is 10.6. The third kappa shape index (κ3) is 6.37. The standard InChI is InChI=1S/C19H31N3O.2ClH/c1-5-21(6-2)16-7-8-17(19(23)14-16)18(13-15(3)4)22-11-9-20-10-12-22;;/h7-8,14,18,20,23H,3,5-6,9-13H2,1-2,4H3;2*1H/t18-;;/m1../s1. The predicted octanol–water partition coefficient (Wildman–Crippen LogP) is 3.99. The van der Waals surface area contributed by atoms with Gasteiger partial charge >= 0.3 is 0 Å². The smallest absolute Gasteiger partial charge is 0.122 e. The predicted molar refractivity (Wildman–Crippen MR) is 113 cm³/mol. The highest BCUT2D eigenvalue weighted by Gasteiger charge is 2.24. The molecule has 0 radical (unpaired) electrons. The van der Waals surface area contributed by atoms with Gasteiger partial charge in [-0.1, -0.05) is 11.6 Å². The maximum absolute atomic E-state index is 10.6. The fraction of sp³-hybridized carbons (Fsp3) is 0.579. The summed E-state index contributed by atoms with van der Waals surface area (Å²) in [5.74, 6) is 0.402. The van der Waals surface area contributed by atoms with E-state index in [1.165, 1.54) is 0 Å². The largest absolute Gasteiger partial charge is 0.508 e. The number of phenolic OH excluding ortho intramolecular Hbond substituents is 1. The summed E-state index contributed by atoms with van der Waals surface area (Å²) in [5, 5.41) is 14.0. The van der Waals surface area contributed by atoms with Gasteiger partial charge in [0.05, 0.1) is 0 Å². The van der Waals surface area contributed by atoms with Crippen molar-refractivity contribution >= 4 is 30.5 Å². The van der Waals surface area contributed by atoms with Gasteiger partial charge in [0, 0.05) is 62.6 Å². The molecule has 144 valence electrons. The molecule has 0 spiro atoms. The summed E-state index contributed by atoms with van der Waals surface area (Å²) in [5.41, 5.74) is 3.26. The molecule has 1 aliphatic heterocycles. The van der Waals surface area contributed by atoms with Crippen LogP contribution in [-0.2, 0) is 0 Å². The normalized spacial score (nSPS) is 15.6. The van der Waals surface area contributed by atoms with E-state index in [2.05, 4.69) is 54.6 Å². The fourth-order valence-electron chi connectivity index (χ4n) is 3.36. The van der Waals surface area contributed by atoms with Gasteiger partial charge in [-0.15, -0.1) is 31.4 Å². The number of phenols is 1. The molecule has 1 fully saturated rings. The minimum Gasteiger partial charge on any atom is -0.508 e. The van der Waals surface area contributed by atoms with Gasteiger partial charge < -0.3 is 15.3 Å². The van der Waals surface area contributed by atoms with E-state index in [-0.39, 0.29) is 30.9 Å². The third-order valence-corrected chi connectivity index (χ3v) is 4.64. The van der Waals surface area contributed by atoms with E-state index in [1.54, 1.807) is 0 Å². The van der Waals surface area contributed by atoms with Crippen molar-refractivity contribution in [2.24, 2.45) is 0 Å². The summed E-state index contributed by atoms with van der Waals surface area (Å²) in [6.45, 7) is 16.3. The summed E-state index contributed by atoms with van der Waals surface area (Å²) >= 11 is 0. The Kier molecular flexibility index (Phi) is 11.2. The van der Waals surface area contributed by atoms with Crippen molar-refractivity contribution in [2.45, 2.75) is 33.2 Å². The van der Waals surface area contributed by atoms with Crippen molar-refractivity contribution in [3.05, 3.63) is 35.9 Å². The average Bonchev–Trinajstić information content (AvgIpc) is 2.55. The molecule has 1 heterocycles. The van der Waals surface area contributed by atoms with Crippen LogP contribution in [0.2, 0.25) is 0 Å². The molecule has 6 heteroatoms. The Labute approximate surface area is 165 Å². The molecule has 1 atom stereocenters. The Morgan fingerprint density at radius 3 is 2.32 bits per heavy atom. The van der Waals surface area contributed by atoms with Crippen molar-refractivity contribution in [3.63, 3.8) is 0 Å². The number of rotatable bonds is 7. The number of benzene rings is 1. The Bertz CT molecular complexity index is 529. The lowest BCUT2D eigenvalue weighted by atomic mass is 9.96. The summed E-state index contributed by atoms with van der Waals surface area (Å²) in [4.78, 5) is 4.71. The number of hydrogen-bond acceptors (Lipinski definition) is 4. The number of halogens is 2. The van der Waals surface area contributed by atoms with Crippen LogP contribution in [0.1, 0.15) is 38.8 Å². The first kappa shape index (κ1) is 24.1. The second kappa shape index (κ2) is 11.6. The lowest BCUT2D eigenvalue weighted by Gasteiger charge is -2.36. The number of nitrogens with zero attached hydrogens (tertiary/aromatic N) is 2. The summed E-state index contributed by atoms with van der Waals surface area (Å²) in [6.07, 6.45) is 0.887. The lowest BCUT2D eigenvalue weighted by molar-refractivity contribution is 0.170. The Hall–Kier alpha value is -0.940. The van der Waals surface area contributed by atoms with E-state index < -0.39 is 0 Å². The molecule has 25 heavy (non-hydrogen) atoms. The molecule has 2 N–H and O–H groups in total. The number of anilines is 1. The Morgan fingerprint density at radius 1 is 1.24 bits per heavy atom. The lowest BCUT2D eigenvalue weighted by Crippen LogP contribution is -2.45. The van der Waals surface area contributed by atoms with Crippen molar-refractivity contribution in [1.29, 1.82) is 0 Å². The van der Waals surface area contributed by atoms with Gasteiger partial charge in [-0.3, -0.25) is 4.90 Å². The van der Waals surface area contributed by atoms with Crippen molar-refractivity contribution < 1.29 is 5.11 Å². The topological polar surface area (TPSA) is 38.7 Å². The van der Waals surface area contributed by atoms with Crippen molar-refractivity contribution in [3.8, 4) is 5.75 Å². The molecule has 0 aromatic heterocycles. The quantitative estimate of drug-likeness (QED) is 0.691. The first-order valence-corrected chi connectivity index (χ1v) is 8.73. The van der Waals surface area contributed by atoms with E-state index in [0.29, 0.717) is 5.75 Å². The van der Waals surface area contributed by atoms with Gasteiger partial charge in [0.1, 0.15) is 5.75 Å². The van der Waals surface area contributed by atoms with Crippen LogP contribution in [0.15, 0.2) is 30.4 Å². The Balaban J connectivity index is 0.00000288. The second-order valence-corrected chi connectivity index (χ2v) is 6.38. The molecule has 4 nitrogen and oxygen atoms in total. The summed E-state index contributed by atoms with van der Waals surface area (Å²) in [7, 11) is 0. The van der Waals surface area contributed by atoms with Crippen LogP contribution in [-0.4, -0.2) is 49.3 Å². The first-order chi connectivity index (χ1) is 11.1. The fourth-order valence-corrected chi connectivity index (χ4v) is 3.36. The van der Waals surface area contributed by atoms with Gasteiger partial charge in [0.15, 0.2) is 0 Å². The SMILES string of the molecule is C=C(C)C[C@H](c1ccc(N(CC)CC)cc1O)N1CCNCC1.Cl.Cl. The van der Waals surface area contributed by atoms with E-state index in [4.69, 9.17) is 0 Å². The van der Waals surface area contributed by atoms with Crippen molar-refractivity contribution in [2.75, 3.05) is 44.2 Å². The molecule has 0 bridgehead atoms. The zero-order chi connectivity index (χ0) is 16.8. The zero-order valence-electron chi connectivity index (χ0n) is 15.6. The summed E-state index contributed by atoms with van der Waals surface area (Å²) in [6, 6.07) is 6.35. The van der Waals surface area contributed by atoms with Crippen LogP contribution in [0, 0.1) is 0 Å². The molecule has 1 aromatic carbocycles. The minimum atomic E-state index is 0. The van der Waals surface area contributed by atoms with Gasteiger partial charge in [-0.2, -0.15) is 0 Å². The Morgan fingerprint density at radius 2 is 1.84 bits per heavy atom. The van der Waals surface area contributed by atoms with Crippen LogP contribution in [0.5, 0.6) is 5.75 Å². The molecule has 1 aliphatic rings. The van der Waals surface area contributed by atoms with Crippen LogP contribution in [0.25, 0.3) is 0 Å². The van der Waals surface area contributed by atoms with Crippen LogP contribution >= 0.6 is 24.8 Å². The van der Waals surface area contributed by atoms with Crippen LogP contribution < -0.4 is 10.2 Å². The number of hydrogen-bond donors (Lipinski definition) is 2. The minimum absolute atomic E-state index is 0. The molecule has 0 saturated carbocycles. The van der Waals surface area contributed by atoms with Crippen molar-refractivity contribution in [1.82, 2.24) is 10.2 Å². The van der Waals surface area contributed by atoms with E-state index >= 15 is 0 Å². The monoisotopic (exact) mass is 389 g/mol. The molecular weight excluding hydrogens is 357 g/mol. The van der Waals surface area contributed by atoms with Gasteiger partial charge in [0.25, 0.3) is 0 Å².